The van der Waals surface area contributed by atoms with E-state index in [4.69, 9.17) is 0 Å². The highest BCUT2D eigenvalue weighted by molar-refractivity contribution is 7.89. The molecule has 7 nitrogen and oxygen atoms in total. The van der Waals surface area contributed by atoms with Gasteiger partial charge >= 0.3 is 5.97 Å². The summed E-state index contributed by atoms with van der Waals surface area (Å²) in [5, 5.41) is 9.28. The highest BCUT2D eigenvalue weighted by Gasteiger charge is 2.40. The number of aryl methyl sites for hydroxylation is 1. The molecule has 0 spiro atoms. The fraction of sp³-hybridized carbons (Fsp3) is 0.556. The number of nitrogens with zero attached hydrogens (tertiary/aromatic N) is 2. The van der Waals surface area contributed by atoms with Gasteiger partial charge in [-0.1, -0.05) is 17.7 Å². The van der Waals surface area contributed by atoms with E-state index < -0.39 is 28.0 Å². The molecule has 142 valence electrons. The van der Waals surface area contributed by atoms with Crippen LogP contribution in [0.5, 0.6) is 0 Å². The molecule has 1 unspecified atom stereocenters. The second-order valence-electron chi connectivity index (χ2n) is 7.04. The monoisotopic (exact) mass is 380 g/mol. The molecule has 2 aliphatic heterocycles. The summed E-state index contributed by atoms with van der Waals surface area (Å²) in [6.07, 6.45) is 2.30. The van der Waals surface area contributed by atoms with Crippen LogP contribution < -0.4 is 0 Å². The molecule has 2 fully saturated rings. The van der Waals surface area contributed by atoms with Crippen LogP contribution in [0.3, 0.4) is 0 Å². The maximum Gasteiger partial charge on any atom is 0.326 e. The van der Waals surface area contributed by atoms with Gasteiger partial charge in [-0.2, -0.15) is 4.31 Å². The molecule has 2 heterocycles. The molecule has 8 heteroatoms. The Morgan fingerprint density at radius 3 is 2.38 bits per heavy atom. The van der Waals surface area contributed by atoms with Crippen LogP contribution in [-0.4, -0.2) is 60.3 Å². The van der Waals surface area contributed by atoms with Crippen molar-refractivity contribution in [3.05, 3.63) is 29.8 Å². The molecule has 2 saturated heterocycles. The van der Waals surface area contributed by atoms with E-state index in [0.717, 1.165) is 5.56 Å². The van der Waals surface area contributed by atoms with E-state index in [1.165, 1.54) is 9.21 Å². The minimum absolute atomic E-state index is 0.109. The van der Waals surface area contributed by atoms with E-state index in [-0.39, 0.29) is 17.3 Å². The van der Waals surface area contributed by atoms with Crippen molar-refractivity contribution in [3.63, 3.8) is 0 Å². The van der Waals surface area contributed by atoms with Gasteiger partial charge in [0.2, 0.25) is 15.9 Å². The molecule has 0 aliphatic carbocycles. The number of hydrogen-bond donors (Lipinski definition) is 1. The highest BCUT2D eigenvalue weighted by atomic mass is 32.2. The Labute approximate surface area is 153 Å². The van der Waals surface area contributed by atoms with Crippen LogP contribution in [0, 0.1) is 12.8 Å². The van der Waals surface area contributed by atoms with E-state index in [9.17, 15) is 23.1 Å². The Morgan fingerprint density at radius 2 is 1.73 bits per heavy atom. The number of hydrogen-bond acceptors (Lipinski definition) is 4. The number of aliphatic carboxylic acids is 1. The lowest BCUT2D eigenvalue weighted by Crippen LogP contribution is -2.49. The minimum Gasteiger partial charge on any atom is -0.480 e. The first-order chi connectivity index (χ1) is 12.3. The van der Waals surface area contributed by atoms with Crippen molar-refractivity contribution in [2.24, 2.45) is 5.92 Å². The highest BCUT2D eigenvalue weighted by Crippen LogP contribution is 2.28. The van der Waals surface area contributed by atoms with Gasteiger partial charge in [0, 0.05) is 19.6 Å². The van der Waals surface area contributed by atoms with Gasteiger partial charge in [-0.05, 0) is 44.7 Å². The Hall–Kier alpha value is -1.93. The van der Waals surface area contributed by atoms with Crippen LogP contribution in [0.4, 0.5) is 0 Å². The van der Waals surface area contributed by atoms with E-state index in [2.05, 4.69) is 0 Å². The first kappa shape index (κ1) is 18.8. The minimum atomic E-state index is -3.65. The first-order valence-electron chi connectivity index (χ1n) is 8.91. The topological polar surface area (TPSA) is 95.0 Å². The number of sulfonamides is 1. The van der Waals surface area contributed by atoms with Crippen LogP contribution in [0.15, 0.2) is 29.2 Å². The Bertz CT molecular complexity index is 790. The maximum atomic E-state index is 12.9. The third-order valence-electron chi connectivity index (χ3n) is 5.21. The van der Waals surface area contributed by atoms with Crippen molar-refractivity contribution in [1.29, 1.82) is 0 Å². The van der Waals surface area contributed by atoms with Gasteiger partial charge in [-0.3, -0.25) is 4.79 Å². The molecule has 1 amide bonds. The standard InChI is InChI=1S/C18H24N2O5S/c1-13-6-8-15(9-7-13)26(24,25)19-10-2-4-14(12-19)17(21)20-11-3-5-16(20)18(22)23/h6-9,14,16H,2-5,10-12H2,1H3,(H,22,23)/t14?,16-/m1/s1. The number of benzene rings is 1. The van der Waals surface area contributed by atoms with E-state index in [0.29, 0.717) is 38.8 Å². The summed E-state index contributed by atoms with van der Waals surface area (Å²) in [7, 11) is -3.65. The number of carbonyl (C=O) groups is 2. The molecular formula is C18H24N2O5S. The van der Waals surface area contributed by atoms with Gasteiger partial charge in [-0.25, -0.2) is 13.2 Å². The van der Waals surface area contributed by atoms with Gasteiger partial charge in [0.1, 0.15) is 6.04 Å². The van der Waals surface area contributed by atoms with Crippen LogP contribution in [0.2, 0.25) is 0 Å². The van der Waals surface area contributed by atoms with Crippen molar-refractivity contribution in [1.82, 2.24) is 9.21 Å². The summed E-state index contributed by atoms with van der Waals surface area (Å²) < 4.78 is 27.1. The summed E-state index contributed by atoms with van der Waals surface area (Å²) >= 11 is 0. The summed E-state index contributed by atoms with van der Waals surface area (Å²) in [5.74, 6) is -1.71. The third kappa shape index (κ3) is 3.61. The predicted molar refractivity (Wildman–Crippen MR) is 95.0 cm³/mol. The zero-order chi connectivity index (χ0) is 18.9. The zero-order valence-electron chi connectivity index (χ0n) is 14.8. The number of rotatable bonds is 4. The van der Waals surface area contributed by atoms with Gasteiger partial charge in [0.05, 0.1) is 10.8 Å². The summed E-state index contributed by atoms with van der Waals surface area (Å²) in [6, 6.07) is 5.88. The normalized spacial score (nSPS) is 24.6. The molecule has 0 aromatic heterocycles. The van der Waals surface area contributed by atoms with Crippen LogP contribution >= 0.6 is 0 Å². The van der Waals surface area contributed by atoms with Crippen molar-refractivity contribution in [3.8, 4) is 0 Å². The lowest BCUT2D eigenvalue weighted by atomic mass is 9.97. The Morgan fingerprint density at radius 1 is 1.08 bits per heavy atom. The molecule has 1 aromatic carbocycles. The zero-order valence-corrected chi connectivity index (χ0v) is 15.6. The summed E-state index contributed by atoms with van der Waals surface area (Å²) in [4.78, 5) is 25.8. The van der Waals surface area contributed by atoms with Crippen molar-refractivity contribution in [2.45, 2.75) is 43.5 Å². The molecular weight excluding hydrogens is 356 g/mol. The summed E-state index contributed by atoms with van der Waals surface area (Å²) in [6.45, 7) is 2.80. The number of carbonyl (C=O) groups excluding carboxylic acids is 1. The number of amides is 1. The number of carboxylic acid groups (broad SMARTS) is 1. The van der Waals surface area contributed by atoms with Crippen LogP contribution in [-0.2, 0) is 19.6 Å². The van der Waals surface area contributed by atoms with Crippen molar-refractivity contribution < 1.29 is 23.1 Å². The van der Waals surface area contributed by atoms with Crippen molar-refractivity contribution in [2.75, 3.05) is 19.6 Å². The second-order valence-corrected chi connectivity index (χ2v) is 8.98. The molecule has 1 aromatic rings. The fourth-order valence-electron chi connectivity index (χ4n) is 3.74. The van der Waals surface area contributed by atoms with Gasteiger partial charge in [-0.15, -0.1) is 0 Å². The van der Waals surface area contributed by atoms with Crippen LogP contribution in [0.25, 0.3) is 0 Å². The molecule has 0 saturated carbocycles. The Balaban J connectivity index is 1.75. The van der Waals surface area contributed by atoms with Crippen LogP contribution in [0.1, 0.15) is 31.2 Å². The van der Waals surface area contributed by atoms with Crippen molar-refractivity contribution >= 4 is 21.9 Å². The van der Waals surface area contributed by atoms with E-state index in [1.54, 1.807) is 24.3 Å². The number of piperidine rings is 1. The fourth-order valence-corrected chi connectivity index (χ4v) is 5.27. The smallest absolute Gasteiger partial charge is 0.326 e. The number of carboxylic acids is 1. The average molecular weight is 380 g/mol. The molecule has 2 aliphatic rings. The molecule has 1 N–H and O–H groups in total. The quantitative estimate of drug-likeness (QED) is 0.854. The summed E-state index contributed by atoms with van der Waals surface area (Å²) in [5.41, 5.74) is 0.976. The first-order valence-corrected chi connectivity index (χ1v) is 10.3. The predicted octanol–water partition coefficient (Wildman–Crippen LogP) is 1.47. The Kier molecular flexibility index (Phi) is 5.34. The maximum absolute atomic E-state index is 12.9. The largest absolute Gasteiger partial charge is 0.480 e. The van der Waals surface area contributed by atoms with E-state index in [1.807, 2.05) is 6.92 Å². The molecule has 26 heavy (non-hydrogen) atoms. The molecule has 0 radical (unpaired) electrons. The SMILES string of the molecule is Cc1ccc(S(=O)(=O)N2CCCC(C(=O)N3CCC[C@@H]3C(=O)O)C2)cc1. The van der Waals surface area contributed by atoms with E-state index >= 15 is 0 Å². The second kappa shape index (κ2) is 7.36. The number of likely N-dealkylation sites (tertiary alicyclic amines) is 1. The van der Waals surface area contributed by atoms with Gasteiger partial charge in [0.15, 0.2) is 0 Å². The molecule has 3 rings (SSSR count). The average Bonchev–Trinajstić information content (AvgIpc) is 3.11. The van der Waals surface area contributed by atoms with Gasteiger partial charge in [0.25, 0.3) is 0 Å². The lowest BCUT2D eigenvalue weighted by molar-refractivity contribution is -0.150. The molecule has 2 atom stereocenters. The third-order valence-corrected chi connectivity index (χ3v) is 7.09. The lowest BCUT2D eigenvalue weighted by Gasteiger charge is -2.34. The van der Waals surface area contributed by atoms with Gasteiger partial charge < -0.3 is 10.0 Å². The molecule has 0 bridgehead atoms.